The standard InChI is InChI=1S/C17H16ClIN8O/c1-9(17-22-8-23-27(17)13-3-4-14(28)26(2)25-13)24-16-11-5-10(18)6-12(19)15(11)20-7-21-16/h5-9H,3-4H2,1-2H3,(H,20,21,24). The molecule has 1 N–H and O–H groups in total. The van der Waals surface area contributed by atoms with Crippen LogP contribution in [0.15, 0.2) is 29.9 Å². The zero-order valence-electron chi connectivity index (χ0n) is 15.1. The Morgan fingerprint density at radius 3 is 2.82 bits per heavy atom. The van der Waals surface area contributed by atoms with Crippen LogP contribution in [-0.2, 0) is 4.79 Å². The van der Waals surface area contributed by atoms with E-state index in [0.717, 1.165) is 14.5 Å². The summed E-state index contributed by atoms with van der Waals surface area (Å²) in [6.45, 7) is 1.96. The van der Waals surface area contributed by atoms with Crippen LogP contribution in [0.2, 0.25) is 5.02 Å². The number of hydrogen-bond acceptors (Lipinski definition) is 7. The van der Waals surface area contributed by atoms with Gasteiger partial charge in [0.05, 0.1) is 11.6 Å². The highest BCUT2D eigenvalue weighted by Crippen LogP contribution is 2.29. The van der Waals surface area contributed by atoms with Gasteiger partial charge in [-0.2, -0.15) is 14.9 Å². The van der Waals surface area contributed by atoms with Gasteiger partial charge in [-0.1, -0.05) is 11.6 Å². The number of benzene rings is 1. The Labute approximate surface area is 179 Å². The van der Waals surface area contributed by atoms with E-state index < -0.39 is 0 Å². The van der Waals surface area contributed by atoms with Crippen molar-refractivity contribution in [3.05, 3.63) is 39.2 Å². The molecule has 28 heavy (non-hydrogen) atoms. The van der Waals surface area contributed by atoms with Gasteiger partial charge in [-0.3, -0.25) is 4.79 Å². The van der Waals surface area contributed by atoms with Gasteiger partial charge >= 0.3 is 0 Å². The summed E-state index contributed by atoms with van der Waals surface area (Å²) < 4.78 is 2.62. The SMILES string of the molecule is CC(Nc1ncnc2c(I)cc(Cl)cc12)c1ncnn1C1=NN(C)C(=O)CC1. The van der Waals surface area contributed by atoms with Gasteiger partial charge in [0.15, 0.2) is 11.7 Å². The number of carbonyl (C=O) groups excluding carboxylic acids is 1. The molecule has 1 aliphatic rings. The van der Waals surface area contributed by atoms with Gasteiger partial charge < -0.3 is 5.32 Å². The number of nitrogens with zero attached hydrogens (tertiary/aromatic N) is 7. The molecule has 1 atom stereocenters. The molecule has 0 fully saturated rings. The van der Waals surface area contributed by atoms with Crippen molar-refractivity contribution in [3.8, 4) is 0 Å². The second-order valence-corrected chi connectivity index (χ2v) is 7.93. The van der Waals surface area contributed by atoms with E-state index in [4.69, 9.17) is 11.6 Å². The minimum atomic E-state index is -0.220. The van der Waals surface area contributed by atoms with E-state index >= 15 is 0 Å². The summed E-state index contributed by atoms with van der Waals surface area (Å²) in [5.41, 5.74) is 0.827. The third-order valence-electron chi connectivity index (χ3n) is 4.40. The molecule has 0 radical (unpaired) electrons. The smallest absolute Gasteiger partial charge is 0.242 e. The van der Waals surface area contributed by atoms with Gasteiger partial charge in [0.25, 0.3) is 0 Å². The second kappa shape index (κ2) is 7.59. The maximum Gasteiger partial charge on any atom is 0.242 e. The highest BCUT2D eigenvalue weighted by molar-refractivity contribution is 14.1. The molecule has 0 saturated heterocycles. The molecule has 1 aromatic carbocycles. The first-order chi connectivity index (χ1) is 13.4. The summed E-state index contributed by atoms with van der Waals surface area (Å²) in [6.07, 6.45) is 3.90. The molecule has 11 heteroatoms. The molecule has 1 aliphatic heterocycles. The molecule has 3 aromatic rings. The van der Waals surface area contributed by atoms with Crippen LogP contribution < -0.4 is 5.32 Å². The van der Waals surface area contributed by atoms with Crippen LogP contribution in [0.25, 0.3) is 10.9 Å². The van der Waals surface area contributed by atoms with E-state index in [1.807, 2.05) is 19.1 Å². The first-order valence-corrected chi connectivity index (χ1v) is 10.0. The van der Waals surface area contributed by atoms with Crippen molar-refractivity contribution in [2.75, 3.05) is 12.4 Å². The molecule has 1 unspecified atom stereocenters. The molecule has 9 nitrogen and oxygen atoms in total. The summed E-state index contributed by atoms with van der Waals surface area (Å²) in [5.74, 6) is 1.99. The topological polar surface area (TPSA) is 101 Å². The maximum atomic E-state index is 11.7. The van der Waals surface area contributed by atoms with E-state index in [0.29, 0.717) is 35.3 Å². The van der Waals surface area contributed by atoms with Crippen molar-refractivity contribution in [1.82, 2.24) is 29.7 Å². The molecule has 1 amide bonds. The van der Waals surface area contributed by atoms with Gasteiger partial charge in [-0.25, -0.2) is 20.0 Å². The number of rotatable bonds is 3. The Hall–Kier alpha value is -2.34. The Morgan fingerprint density at radius 1 is 1.21 bits per heavy atom. The van der Waals surface area contributed by atoms with Crippen molar-refractivity contribution in [2.24, 2.45) is 5.10 Å². The first kappa shape index (κ1) is 19.0. The molecular weight excluding hydrogens is 495 g/mol. The summed E-state index contributed by atoms with van der Waals surface area (Å²) in [7, 11) is 1.64. The first-order valence-electron chi connectivity index (χ1n) is 8.54. The largest absolute Gasteiger partial charge is 0.360 e. The third kappa shape index (κ3) is 3.53. The van der Waals surface area contributed by atoms with Crippen LogP contribution in [-0.4, -0.2) is 48.5 Å². The van der Waals surface area contributed by atoms with Crippen LogP contribution in [0, 0.1) is 3.57 Å². The van der Waals surface area contributed by atoms with Crippen molar-refractivity contribution in [3.63, 3.8) is 0 Å². The number of anilines is 1. The van der Waals surface area contributed by atoms with Gasteiger partial charge in [0, 0.05) is 33.9 Å². The van der Waals surface area contributed by atoms with Gasteiger partial charge in [0.2, 0.25) is 5.91 Å². The molecule has 0 saturated carbocycles. The Balaban J connectivity index is 1.67. The number of halogens is 2. The lowest BCUT2D eigenvalue weighted by Crippen LogP contribution is -2.32. The second-order valence-electron chi connectivity index (χ2n) is 6.34. The Bertz CT molecular complexity index is 1100. The Morgan fingerprint density at radius 2 is 2.04 bits per heavy atom. The number of hydrazone groups is 1. The fourth-order valence-corrected chi connectivity index (χ4v) is 4.20. The third-order valence-corrected chi connectivity index (χ3v) is 5.45. The fraction of sp³-hybridized carbons (Fsp3) is 0.294. The minimum Gasteiger partial charge on any atom is -0.360 e. The van der Waals surface area contributed by atoms with E-state index in [1.165, 1.54) is 17.7 Å². The Kier molecular flexibility index (Phi) is 5.15. The molecule has 0 aliphatic carbocycles. The van der Waals surface area contributed by atoms with E-state index in [-0.39, 0.29) is 11.9 Å². The summed E-state index contributed by atoms with van der Waals surface area (Å²) in [6, 6.07) is 3.48. The predicted octanol–water partition coefficient (Wildman–Crippen LogP) is 3.07. The van der Waals surface area contributed by atoms with Crippen molar-refractivity contribution in [2.45, 2.75) is 25.8 Å². The van der Waals surface area contributed by atoms with E-state index in [1.54, 1.807) is 11.7 Å². The molecule has 4 rings (SSSR count). The van der Waals surface area contributed by atoms with Crippen molar-refractivity contribution >= 4 is 62.7 Å². The molecule has 2 aromatic heterocycles. The molecule has 0 bridgehead atoms. The summed E-state index contributed by atoms with van der Waals surface area (Å²) >= 11 is 8.43. The zero-order valence-corrected chi connectivity index (χ0v) is 18.0. The van der Waals surface area contributed by atoms with Gasteiger partial charge in [-0.05, 0) is 41.6 Å². The fourth-order valence-electron chi connectivity index (χ4n) is 3.03. The molecule has 3 heterocycles. The lowest BCUT2D eigenvalue weighted by Gasteiger charge is -2.21. The lowest BCUT2D eigenvalue weighted by molar-refractivity contribution is -0.130. The number of fused-ring (bicyclic) bond motifs is 1. The van der Waals surface area contributed by atoms with Gasteiger partial charge in [0.1, 0.15) is 18.5 Å². The average molecular weight is 511 g/mol. The quantitative estimate of drug-likeness (QED) is 0.544. The highest BCUT2D eigenvalue weighted by atomic mass is 127. The minimum absolute atomic E-state index is 0.0180. The summed E-state index contributed by atoms with van der Waals surface area (Å²) in [4.78, 5) is 24.8. The number of carbonyl (C=O) groups is 1. The number of hydrogen-bond donors (Lipinski definition) is 1. The van der Waals surface area contributed by atoms with E-state index in [9.17, 15) is 4.79 Å². The van der Waals surface area contributed by atoms with Crippen LogP contribution in [0.4, 0.5) is 5.82 Å². The zero-order chi connectivity index (χ0) is 19.8. The van der Waals surface area contributed by atoms with Crippen molar-refractivity contribution in [1.29, 1.82) is 0 Å². The summed E-state index contributed by atoms with van der Waals surface area (Å²) in [5, 5.41) is 14.8. The van der Waals surface area contributed by atoms with Crippen molar-refractivity contribution < 1.29 is 4.79 Å². The van der Waals surface area contributed by atoms with Gasteiger partial charge in [-0.15, -0.1) is 0 Å². The normalized spacial score (nSPS) is 15.6. The molecule has 144 valence electrons. The maximum absolute atomic E-state index is 11.7. The molecular formula is C17H16ClIN8O. The van der Waals surface area contributed by atoms with Crippen LogP contribution in [0.3, 0.4) is 0 Å². The van der Waals surface area contributed by atoms with Crippen LogP contribution in [0.5, 0.6) is 0 Å². The predicted molar refractivity (Wildman–Crippen MR) is 114 cm³/mol. The highest BCUT2D eigenvalue weighted by Gasteiger charge is 2.23. The van der Waals surface area contributed by atoms with E-state index in [2.05, 4.69) is 53.1 Å². The number of aromatic nitrogens is 5. The lowest BCUT2D eigenvalue weighted by atomic mass is 10.2. The number of amides is 1. The number of nitrogens with one attached hydrogen (secondary N) is 1. The monoisotopic (exact) mass is 510 g/mol. The van der Waals surface area contributed by atoms with Crippen LogP contribution in [0.1, 0.15) is 31.6 Å². The molecule has 0 spiro atoms. The van der Waals surface area contributed by atoms with Crippen LogP contribution >= 0.6 is 34.2 Å². The average Bonchev–Trinajstić information content (AvgIpc) is 3.14.